The minimum Gasteiger partial charge on any atom is -0.207 e. The third kappa shape index (κ3) is 3.65. The Bertz CT molecular complexity index is 769. The molecule has 2 aromatic rings. The van der Waals surface area contributed by atoms with Crippen molar-refractivity contribution in [3.05, 3.63) is 65.2 Å². The average Bonchev–Trinajstić information content (AvgIpc) is 2.60. The number of hydrogen-bond donors (Lipinski definition) is 1. The van der Waals surface area contributed by atoms with Gasteiger partial charge in [0.25, 0.3) is 0 Å². The number of nitrogens with one attached hydrogen (secondary N) is 1. The number of fused-ring (bicyclic) bond motifs is 1. The molecule has 0 aromatic heterocycles. The predicted molar refractivity (Wildman–Crippen MR) is 92.9 cm³/mol. The zero-order valence-electron chi connectivity index (χ0n) is 13.5. The Hall–Kier alpha value is -1.65. The monoisotopic (exact) mass is 329 g/mol. The fourth-order valence-electron chi connectivity index (χ4n) is 3.21. The molecule has 2 aromatic carbocycles. The smallest absolute Gasteiger partial charge is 0.207 e. The Labute approximate surface area is 138 Å². The van der Waals surface area contributed by atoms with E-state index >= 15 is 0 Å². The summed E-state index contributed by atoms with van der Waals surface area (Å²) in [4.78, 5) is 0.316. The molecule has 3 rings (SSSR count). The van der Waals surface area contributed by atoms with Gasteiger partial charge in [-0.3, -0.25) is 0 Å². The molecule has 3 nitrogen and oxygen atoms in total. The number of aryl methyl sites for hydroxylation is 2. The van der Waals surface area contributed by atoms with E-state index in [0.29, 0.717) is 4.90 Å². The first-order valence-corrected chi connectivity index (χ1v) is 9.77. The summed E-state index contributed by atoms with van der Waals surface area (Å²) >= 11 is 0. The Morgan fingerprint density at radius 1 is 1.00 bits per heavy atom. The zero-order chi connectivity index (χ0) is 16.3. The summed E-state index contributed by atoms with van der Waals surface area (Å²) in [7, 11) is -3.49. The topological polar surface area (TPSA) is 46.2 Å². The van der Waals surface area contributed by atoms with Crippen LogP contribution in [0.2, 0.25) is 0 Å². The van der Waals surface area contributed by atoms with Crippen LogP contribution in [0.4, 0.5) is 0 Å². The van der Waals surface area contributed by atoms with Crippen molar-refractivity contribution in [2.45, 2.75) is 50.0 Å². The predicted octanol–water partition coefficient (Wildman–Crippen LogP) is 4.00. The summed E-state index contributed by atoms with van der Waals surface area (Å²) in [5, 5.41) is 0. The van der Waals surface area contributed by atoms with Crippen molar-refractivity contribution in [1.29, 1.82) is 0 Å². The van der Waals surface area contributed by atoms with Crippen LogP contribution in [0.25, 0.3) is 0 Å². The summed E-state index contributed by atoms with van der Waals surface area (Å²) in [6.07, 6.45) is 5.45. The quantitative estimate of drug-likeness (QED) is 0.901. The van der Waals surface area contributed by atoms with Gasteiger partial charge in [-0.05, 0) is 60.9 Å². The van der Waals surface area contributed by atoms with Crippen molar-refractivity contribution in [2.24, 2.45) is 0 Å². The van der Waals surface area contributed by atoms with Gasteiger partial charge in [-0.25, -0.2) is 13.1 Å². The lowest BCUT2D eigenvalue weighted by Gasteiger charge is -2.21. The lowest BCUT2D eigenvalue weighted by molar-refractivity contribution is 0.549. The van der Waals surface area contributed by atoms with E-state index in [1.807, 2.05) is 13.0 Å². The van der Waals surface area contributed by atoms with E-state index in [2.05, 4.69) is 22.9 Å². The standard InChI is InChI=1S/C19H23NO2S/c1-2-19(20-23(21,22)18-10-4-3-5-11-18)17-13-12-15-8-6-7-9-16(15)14-17/h3-5,10-14,19-20H,2,6-9H2,1H3. The summed E-state index contributed by atoms with van der Waals surface area (Å²) in [6.45, 7) is 2.01. The van der Waals surface area contributed by atoms with Crippen molar-refractivity contribution in [3.63, 3.8) is 0 Å². The van der Waals surface area contributed by atoms with Crippen molar-refractivity contribution >= 4 is 10.0 Å². The minimum absolute atomic E-state index is 0.188. The van der Waals surface area contributed by atoms with Crippen LogP contribution in [0.1, 0.15) is 48.9 Å². The molecule has 4 heteroatoms. The lowest BCUT2D eigenvalue weighted by atomic mass is 9.89. The number of hydrogen-bond acceptors (Lipinski definition) is 2. The zero-order valence-corrected chi connectivity index (χ0v) is 14.3. The van der Waals surface area contributed by atoms with E-state index < -0.39 is 10.0 Å². The van der Waals surface area contributed by atoms with Crippen LogP contribution in [-0.4, -0.2) is 8.42 Å². The van der Waals surface area contributed by atoms with E-state index in [1.165, 1.54) is 24.0 Å². The van der Waals surface area contributed by atoms with Gasteiger partial charge in [-0.1, -0.05) is 43.3 Å². The first kappa shape index (κ1) is 16.2. The maximum atomic E-state index is 12.6. The van der Waals surface area contributed by atoms with Crippen LogP contribution >= 0.6 is 0 Å². The summed E-state index contributed by atoms with van der Waals surface area (Å²) in [5.74, 6) is 0. The molecule has 0 saturated carbocycles. The molecule has 0 aliphatic heterocycles. The molecule has 122 valence electrons. The normalized spacial score (nSPS) is 15.9. The molecule has 0 heterocycles. The van der Waals surface area contributed by atoms with Gasteiger partial charge in [0, 0.05) is 6.04 Å². The van der Waals surface area contributed by atoms with Crippen LogP contribution in [0.15, 0.2) is 53.4 Å². The molecule has 0 spiro atoms. The Balaban J connectivity index is 1.86. The van der Waals surface area contributed by atoms with Gasteiger partial charge in [0.05, 0.1) is 4.90 Å². The number of rotatable bonds is 5. The highest BCUT2D eigenvalue weighted by atomic mass is 32.2. The molecule has 1 unspecified atom stereocenters. The van der Waals surface area contributed by atoms with Gasteiger partial charge in [-0.15, -0.1) is 0 Å². The van der Waals surface area contributed by atoms with Gasteiger partial charge in [0.15, 0.2) is 0 Å². The molecule has 1 N–H and O–H groups in total. The van der Waals surface area contributed by atoms with Crippen LogP contribution in [-0.2, 0) is 22.9 Å². The van der Waals surface area contributed by atoms with E-state index in [4.69, 9.17) is 0 Å². The molecular weight excluding hydrogens is 306 g/mol. The Kier molecular flexibility index (Phi) is 4.83. The second-order valence-electron chi connectivity index (χ2n) is 6.13. The molecular formula is C19H23NO2S. The van der Waals surface area contributed by atoms with E-state index in [1.54, 1.807) is 24.3 Å². The lowest BCUT2D eigenvalue weighted by Crippen LogP contribution is -2.28. The SMILES string of the molecule is CCC(NS(=O)(=O)c1ccccc1)c1ccc2c(c1)CCCC2. The van der Waals surface area contributed by atoms with Crippen LogP contribution in [0, 0.1) is 0 Å². The van der Waals surface area contributed by atoms with Gasteiger partial charge >= 0.3 is 0 Å². The van der Waals surface area contributed by atoms with Gasteiger partial charge in [0.1, 0.15) is 0 Å². The molecule has 1 aliphatic carbocycles. The third-order valence-corrected chi connectivity index (χ3v) is 6.02. The molecule has 23 heavy (non-hydrogen) atoms. The molecule has 0 bridgehead atoms. The molecule has 0 amide bonds. The Morgan fingerprint density at radius 3 is 2.39 bits per heavy atom. The first-order chi connectivity index (χ1) is 11.1. The highest BCUT2D eigenvalue weighted by Crippen LogP contribution is 2.27. The van der Waals surface area contributed by atoms with Crippen LogP contribution in [0.3, 0.4) is 0 Å². The highest BCUT2D eigenvalue weighted by molar-refractivity contribution is 7.89. The van der Waals surface area contributed by atoms with E-state index in [0.717, 1.165) is 24.8 Å². The van der Waals surface area contributed by atoms with Crippen molar-refractivity contribution in [2.75, 3.05) is 0 Å². The van der Waals surface area contributed by atoms with Crippen LogP contribution < -0.4 is 4.72 Å². The molecule has 1 aliphatic rings. The summed E-state index contributed by atoms with van der Waals surface area (Å²) < 4.78 is 28.0. The van der Waals surface area contributed by atoms with E-state index in [-0.39, 0.29) is 6.04 Å². The van der Waals surface area contributed by atoms with Crippen molar-refractivity contribution in [1.82, 2.24) is 4.72 Å². The maximum absolute atomic E-state index is 12.6. The second kappa shape index (κ2) is 6.85. The molecule has 0 fully saturated rings. The van der Waals surface area contributed by atoms with Gasteiger partial charge in [0.2, 0.25) is 10.0 Å². The van der Waals surface area contributed by atoms with Crippen molar-refractivity contribution in [3.8, 4) is 0 Å². The molecule has 0 radical (unpaired) electrons. The van der Waals surface area contributed by atoms with Gasteiger partial charge in [-0.2, -0.15) is 0 Å². The summed E-state index contributed by atoms with van der Waals surface area (Å²) in [6, 6.07) is 14.8. The minimum atomic E-state index is -3.49. The van der Waals surface area contributed by atoms with E-state index in [9.17, 15) is 8.42 Å². The first-order valence-electron chi connectivity index (χ1n) is 8.29. The van der Waals surface area contributed by atoms with Crippen molar-refractivity contribution < 1.29 is 8.42 Å². The molecule has 1 atom stereocenters. The average molecular weight is 329 g/mol. The Morgan fingerprint density at radius 2 is 1.70 bits per heavy atom. The highest BCUT2D eigenvalue weighted by Gasteiger charge is 2.21. The fraction of sp³-hybridized carbons (Fsp3) is 0.368. The summed E-state index contributed by atoms with van der Waals surface area (Å²) in [5.41, 5.74) is 3.86. The number of benzene rings is 2. The number of sulfonamides is 1. The fourth-order valence-corrected chi connectivity index (χ4v) is 4.54. The second-order valence-corrected chi connectivity index (χ2v) is 7.84. The third-order valence-electron chi connectivity index (χ3n) is 4.53. The van der Waals surface area contributed by atoms with Crippen LogP contribution in [0.5, 0.6) is 0 Å². The molecule has 0 saturated heterocycles. The maximum Gasteiger partial charge on any atom is 0.241 e. The van der Waals surface area contributed by atoms with Gasteiger partial charge < -0.3 is 0 Å². The largest absolute Gasteiger partial charge is 0.241 e.